The number of nitrogens with one attached hydrogen (secondary N) is 1. The molecule has 2 rings (SSSR count). The Morgan fingerprint density at radius 3 is 2.45 bits per heavy atom. The smallest absolute Gasteiger partial charge is 0.326 e. The van der Waals surface area contributed by atoms with Gasteiger partial charge in [0.1, 0.15) is 6.04 Å². The van der Waals surface area contributed by atoms with Gasteiger partial charge in [0.15, 0.2) is 0 Å². The Hall–Kier alpha value is -2.63. The first-order valence-electron chi connectivity index (χ1n) is 7.05. The first-order chi connectivity index (χ1) is 10.5. The standard InChI is InChI=1S/C16H19N3O3/c1-11(2)14(16(21)22)18-15(20)13-5-3-12(4-6-13)9-19-8-7-17-10-19/h3-8,10-11,14H,9H2,1-2H3,(H,18,20)(H,21,22)/t14-/m0/s1. The molecule has 0 aliphatic heterocycles. The van der Waals surface area contributed by atoms with Gasteiger partial charge < -0.3 is 15.0 Å². The highest BCUT2D eigenvalue weighted by Gasteiger charge is 2.23. The number of carboxylic acids is 1. The maximum absolute atomic E-state index is 12.1. The largest absolute Gasteiger partial charge is 0.480 e. The molecule has 22 heavy (non-hydrogen) atoms. The zero-order valence-corrected chi connectivity index (χ0v) is 12.6. The normalized spacial score (nSPS) is 12.1. The lowest BCUT2D eigenvalue weighted by molar-refractivity contribution is -0.140. The van der Waals surface area contributed by atoms with E-state index in [4.69, 9.17) is 5.11 Å². The fraction of sp³-hybridized carbons (Fsp3) is 0.312. The minimum atomic E-state index is -1.03. The summed E-state index contributed by atoms with van der Waals surface area (Å²) < 4.78 is 1.92. The van der Waals surface area contributed by atoms with Crippen molar-refractivity contribution in [3.8, 4) is 0 Å². The summed E-state index contributed by atoms with van der Waals surface area (Å²) in [7, 11) is 0. The maximum Gasteiger partial charge on any atom is 0.326 e. The second kappa shape index (κ2) is 6.89. The molecule has 1 heterocycles. The molecule has 1 amide bonds. The van der Waals surface area contributed by atoms with Crippen molar-refractivity contribution in [1.29, 1.82) is 0 Å². The summed E-state index contributed by atoms with van der Waals surface area (Å²) in [5.41, 5.74) is 1.48. The summed E-state index contributed by atoms with van der Waals surface area (Å²) in [6.07, 6.45) is 5.29. The van der Waals surface area contributed by atoms with Gasteiger partial charge >= 0.3 is 5.97 Å². The van der Waals surface area contributed by atoms with E-state index in [1.54, 1.807) is 38.5 Å². The number of hydrogen-bond donors (Lipinski definition) is 2. The van der Waals surface area contributed by atoms with Gasteiger partial charge in [-0.2, -0.15) is 0 Å². The molecular weight excluding hydrogens is 282 g/mol. The molecule has 2 N–H and O–H groups in total. The molecule has 1 aromatic heterocycles. The van der Waals surface area contributed by atoms with E-state index in [9.17, 15) is 9.59 Å². The third-order valence-corrected chi connectivity index (χ3v) is 3.36. The van der Waals surface area contributed by atoms with Crippen LogP contribution in [-0.4, -0.2) is 32.6 Å². The average Bonchev–Trinajstić information content (AvgIpc) is 2.97. The number of carbonyl (C=O) groups excluding carboxylic acids is 1. The molecule has 0 bridgehead atoms. The SMILES string of the molecule is CC(C)[C@H](NC(=O)c1ccc(Cn2ccnc2)cc1)C(=O)O. The van der Waals surface area contributed by atoms with Gasteiger partial charge in [-0.05, 0) is 23.6 Å². The van der Waals surface area contributed by atoms with E-state index < -0.39 is 12.0 Å². The second-order valence-electron chi connectivity index (χ2n) is 5.47. The number of hydrogen-bond acceptors (Lipinski definition) is 3. The summed E-state index contributed by atoms with van der Waals surface area (Å²) in [6, 6.07) is 6.19. The van der Waals surface area contributed by atoms with Crippen LogP contribution >= 0.6 is 0 Å². The monoisotopic (exact) mass is 301 g/mol. The Morgan fingerprint density at radius 1 is 1.27 bits per heavy atom. The van der Waals surface area contributed by atoms with Crippen LogP contribution in [0.15, 0.2) is 43.0 Å². The number of imidazole rings is 1. The highest BCUT2D eigenvalue weighted by atomic mass is 16.4. The van der Waals surface area contributed by atoms with Gasteiger partial charge in [-0.3, -0.25) is 4.79 Å². The summed E-state index contributed by atoms with van der Waals surface area (Å²) in [5.74, 6) is -1.59. The van der Waals surface area contributed by atoms with Crippen molar-refractivity contribution < 1.29 is 14.7 Å². The number of benzene rings is 1. The quantitative estimate of drug-likeness (QED) is 0.851. The Morgan fingerprint density at radius 2 is 1.95 bits per heavy atom. The molecule has 6 heteroatoms. The van der Waals surface area contributed by atoms with Crippen molar-refractivity contribution in [2.75, 3.05) is 0 Å². The number of nitrogens with zero attached hydrogens (tertiary/aromatic N) is 2. The molecule has 6 nitrogen and oxygen atoms in total. The Kier molecular flexibility index (Phi) is 4.93. The van der Waals surface area contributed by atoms with Gasteiger partial charge in [-0.1, -0.05) is 26.0 Å². The highest BCUT2D eigenvalue weighted by molar-refractivity contribution is 5.96. The lowest BCUT2D eigenvalue weighted by Crippen LogP contribution is -2.44. The third kappa shape index (κ3) is 3.94. The van der Waals surface area contributed by atoms with Crippen LogP contribution in [0, 0.1) is 5.92 Å². The minimum absolute atomic E-state index is 0.179. The number of aromatic nitrogens is 2. The van der Waals surface area contributed by atoms with E-state index >= 15 is 0 Å². The molecule has 0 radical (unpaired) electrons. The number of aliphatic carboxylic acids is 1. The van der Waals surface area contributed by atoms with Gasteiger partial charge in [0.25, 0.3) is 5.91 Å². The zero-order chi connectivity index (χ0) is 16.1. The molecule has 0 saturated carbocycles. The van der Waals surface area contributed by atoms with Crippen LogP contribution in [0.5, 0.6) is 0 Å². The third-order valence-electron chi connectivity index (χ3n) is 3.36. The van der Waals surface area contributed by atoms with E-state index in [1.807, 2.05) is 22.9 Å². The van der Waals surface area contributed by atoms with E-state index in [2.05, 4.69) is 10.3 Å². The Bertz CT molecular complexity index is 633. The molecule has 1 atom stereocenters. The van der Waals surface area contributed by atoms with Gasteiger partial charge in [-0.15, -0.1) is 0 Å². The van der Waals surface area contributed by atoms with E-state index in [-0.39, 0.29) is 11.8 Å². The highest BCUT2D eigenvalue weighted by Crippen LogP contribution is 2.08. The maximum atomic E-state index is 12.1. The molecule has 116 valence electrons. The topological polar surface area (TPSA) is 84.2 Å². The van der Waals surface area contributed by atoms with Gasteiger partial charge in [0.05, 0.1) is 6.33 Å². The molecule has 0 aliphatic carbocycles. The Labute approximate surface area is 128 Å². The fourth-order valence-electron chi connectivity index (χ4n) is 2.09. The molecule has 0 saturated heterocycles. The van der Waals surface area contributed by atoms with Crippen molar-refractivity contribution in [2.45, 2.75) is 26.4 Å². The average molecular weight is 301 g/mol. The first-order valence-corrected chi connectivity index (χ1v) is 7.05. The second-order valence-corrected chi connectivity index (χ2v) is 5.47. The molecular formula is C16H19N3O3. The van der Waals surface area contributed by atoms with Crippen molar-refractivity contribution in [1.82, 2.24) is 14.9 Å². The molecule has 0 spiro atoms. The zero-order valence-electron chi connectivity index (χ0n) is 12.6. The number of carboxylic acid groups (broad SMARTS) is 1. The van der Waals surface area contributed by atoms with Gasteiger partial charge in [0, 0.05) is 24.5 Å². The van der Waals surface area contributed by atoms with Crippen LogP contribution in [-0.2, 0) is 11.3 Å². The number of rotatable bonds is 6. The van der Waals surface area contributed by atoms with Crippen LogP contribution in [0.1, 0.15) is 29.8 Å². The van der Waals surface area contributed by atoms with Crippen LogP contribution < -0.4 is 5.32 Å². The molecule has 1 aromatic carbocycles. The summed E-state index contributed by atoms with van der Waals surface area (Å²) in [6.45, 7) is 4.19. The summed E-state index contributed by atoms with van der Waals surface area (Å²) >= 11 is 0. The first kappa shape index (κ1) is 15.8. The predicted molar refractivity (Wildman–Crippen MR) is 81.5 cm³/mol. The van der Waals surface area contributed by atoms with Crippen molar-refractivity contribution >= 4 is 11.9 Å². The minimum Gasteiger partial charge on any atom is -0.480 e. The van der Waals surface area contributed by atoms with E-state index in [0.29, 0.717) is 12.1 Å². The van der Waals surface area contributed by atoms with E-state index in [0.717, 1.165) is 5.56 Å². The molecule has 2 aromatic rings. The van der Waals surface area contributed by atoms with Crippen LogP contribution in [0.3, 0.4) is 0 Å². The van der Waals surface area contributed by atoms with Crippen molar-refractivity contribution in [3.63, 3.8) is 0 Å². The lowest BCUT2D eigenvalue weighted by Gasteiger charge is -2.18. The van der Waals surface area contributed by atoms with Gasteiger partial charge in [0.2, 0.25) is 0 Å². The molecule has 0 aliphatic rings. The number of amides is 1. The predicted octanol–water partition coefficient (Wildman–Crippen LogP) is 1.77. The fourth-order valence-corrected chi connectivity index (χ4v) is 2.09. The Balaban J connectivity index is 2.03. The summed E-state index contributed by atoms with van der Waals surface area (Å²) in [4.78, 5) is 27.2. The molecule has 0 fully saturated rings. The summed E-state index contributed by atoms with van der Waals surface area (Å²) in [5, 5.41) is 11.6. The lowest BCUT2D eigenvalue weighted by atomic mass is 10.0. The van der Waals surface area contributed by atoms with Gasteiger partial charge in [-0.25, -0.2) is 9.78 Å². The van der Waals surface area contributed by atoms with Crippen molar-refractivity contribution in [3.05, 3.63) is 54.1 Å². The van der Waals surface area contributed by atoms with E-state index in [1.165, 1.54) is 0 Å². The van der Waals surface area contributed by atoms with Crippen LogP contribution in [0.25, 0.3) is 0 Å². The van der Waals surface area contributed by atoms with Crippen LogP contribution in [0.2, 0.25) is 0 Å². The van der Waals surface area contributed by atoms with Crippen molar-refractivity contribution in [2.24, 2.45) is 5.92 Å². The van der Waals surface area contributed by atoms with Crippen LogP contribution in [0.4, 0.5) is 0 Å². The number of carbonyl (C=O) groups is 2. The molecule has 0 unspecified atom stereocenters.